The quantitative estimate of drug-likeness (QED) is 0.569. The molecule has 27 heavy (non-hydrogen) atoms. The molecular weight excluding hydrogens is 340 g/mol. The second-order valence-corrected chi connectivity index (χ2v) is 8.70. The van der Waals surface area contributed by atoms with Gasteiger partial charge in [-0.15, -0.1) is 0 Å². The Bertz CT molecular complexity index is 617. The predicted molar refractivity (Wildman–Crippen MR) is 106 cm³/mol. The van der Waals surface area contributed by atoms with Crippen molar-refractivity contribution in [2.45, 2.75) is 85.4 Å². The van der Waals surface area contributed by atoms with Crippen LogP contribution in [0.1, 0.15) is 78.2 Å². The largest absolute Gasteiger partial charge is 0.462 e. The van der Waals surface area contributed by atoms with E-state index in [0.29, 0.717) is 12.8 Å². The normalized spacial score (nSPS) is 17.8. The van der Waals surface area contributed by atoms with Crippen LogP contribution in [0.3, 0.4) is 0 Å². The third-order valence-corrected chi connectivity index (χ3v) is 5.70. The second kappa shape index (κ2) is 9.38. The van der Waals surface area contributed by atoms with Crippen LogP contribution >= 0.6 is 0 Å². The highest BCUT2D eigenvalue weighted by Crippen LogP contribution is 2.39. The Morgan fingerprint density at radius 3 is 2.22 bits per heavy atom. The maximum atomic E-state index is 12.9. The van der Waals surface area contributed by atoms with Crippen LogP contribution in [0.15, 0.2) is 30.3 Å². The van der Waals surface area contributed by atoms with Crippen LogP contribution in [0, 0.1) is 10.8 Å². The highest BCUT2D eigenvalue weighted by atomic mass is 16.5. The summed E-state index contributed by atoms with van der Waals surface area (Å²) in [6.45, 7) is 7.83. The smallest absolute Gasteiger partial charge is 0.312 e. The minimum absolute atomic E-state index is 0.0327. The highest BCUT2D eigenvalue weighted by Gasteiger charge is 2.43. The van der Waals surface area contributed by atoms with Gasteiger partial charge in [0.05, 0.1) is 10.8 Å². The molecule has 1 unspecified atom stereocenters. The fourth-order valence-corrected chi connectivity index (χ4v) is 3.78. The molecule has 0 radical (unpaired) electrons. The zero-order valence-electron chi connectivity index (χ0n) is 17.3. The van der Waals surface area contributed by atoms with Gasteiger partial charge in [-0.2, -0.15) is 0 Å². The zero-order chi connectivity index (χ0) is 19.9. The van der Waals surface area contributed by atoms with E-state index in [0.717, 1.165) is 31.2 Å². The summed E-state index contributed by atoms with van der Waals surface area (Å²) in [5, 5.41) is 0. The van der Waals surface area contributed by atoms with Gasteiger partial charge in [-0.25, -0.2) is 0 Å². The monoisotopic (exact) mass is 374 g/mol. The van der Waals surface area contributed by atoms with Crippen LogP contribution in [0.25, 0.3) is 0 Å². The van der Waals surface area contributed by atoms with Crippen molar-refractivity contribution in [2.24, 2.45) is 10.8 Å². The average molecular weight is 375 g/mol. The Labute approximate surface area is 163 Å². The molecule has 150 valence electrons. The summed E-state index contributed by atoms with van der Waals surface area (Å²) in [6, 6.07) is 9.63. The number of esters is 2. The number of carbonyl (C=O) groups is 2. The number of benzene rings is 1. The molecule has 0 saturated heterocycles. The van der Waals surface area contributed by atoms with Gasteiger partial charge in [-0.1, -0.05) is 43.7 Å². The lowest BCUT2D eigenvalue weighted by Gasteiger charge is -2.35. The zero-order valence-corrected chi connectivity index (χ0v) is 17.3. The molecule has 0 aliphatic heterocycles. The summed E-state index contributed by atoms with van der Waals surface area (Å²) < 4.78 is 11.3. The van der Waals surface area contributed by atoms with Crippen molar-refractivity contribution >= 4 is 11.9 Å². The van der Waals surface area contributed by atoms with Gasteiger partial charge in [0.1, 0.15) is 12.7 Å². The van der Waals surface area contributed by atoms with Gasteiger partial charge in [-0.05, 0) is 64.9 Å². The van der Waals surface area contributed by atoms with Gasteiger partial charge in [0.2, 0.25) is 0 Å². The number of hydrogen-bond acceptors (Lipinski definition) is 4. The molecular formula is C23H34O4. The van der Waals surface area contributed by atoms with Crippen LogP contribution in [0.5, 0.6) is 0 Å². The van der Waals surface area contributed by atoms with Crippen LogP contribution in [-0.4, -0.2) is 18.0 Å². The van der Waals surface area contributed by atoms with Crippen molar-refractivity contribution in [1.82, 2.24) is 0 Å². The molecule has 4 heteroatoms. The van der Waals surface area contributed by atoms with Gasteiger partial charge in [0, 0.05) is 0 Å². The van der Waals surface area contributed by atoms with E-state index in [2.05, 4.69) is 0 Å². The number of ether oxygens (including phenoxy) is 2. The van der Waals surface area contributed by atoms with Gasteiger partial charge in [0.25, 0.3) is 0 Å². The van der Waals surface area contributed by atoms with Crippen molar-refractivity contribution < 1.29 is 19.1 Å². The minimum Gasteiger partial charge on any atom is -0.462 e. The molecule has 1 saturated carbocycles. The van der Waals surface area contributed by atoms with E-state index in [4.69, 9.17) is 9.47 Å². The Balaban J connectivity index is 1.96. The molecule has 0 heterocycles. The molecule has 4 nitrogen and oxygen atoms in total. The summed E-state index contributed by atoms with van der Waals surface area (Å²) in [5.41, 5.74) is -0.491. The van der Waals surface area contributed by atoms with Crippen molar-refractivity contribution in [3.05, 3.63) is 35.9 Å². The fraction of sp³-hybridized carbons (Fsp3) is 0.652. The van der Waals surface area contributed by atoms with Crippen LogP contribution in [-0.2, 0) is 25.7 Å². The van der Waals surface area contributed by atoms with E-state index in [-0.39, 0.29) is 24.6 Å². The third kappa shape index (κ3) is 6.08. The maximum Gasteiger partial charge on any atom is 0.312 e. The van der Waals surface area contributed by atoms with Crippen molar-refractivity contribution in [3.63, 3.8) is 0 Å². The first-order chi connectivity index (χ1) is 12.8. The average Bonchev–Trinajstić information content (AvgIpc) is 2.67. The molecule has 1 aliphatic carbocycles. The predicted octanol–water partition coefficient (Wildman–Crippen LogP) is 5.44. The van der Waals surface area contributed by atoms with Crippen molar-refractivity contribution in [1.29, 1.82) is 0 Å². The standard InChI is InChI=1S/C23H34O4/c1-5-23(4,21(25)27-19-14-10-7-11-15-19)17-22(2,3)20(24)26-16-18-12-8-6-9-13-18/h6,8-9,12-13,19H,5,7,10-11,14-17H2,1-4H3. The molecule has 1 fully saturated rings. The van der Waals surface area contributed by atoms with Crippen LogP contribution in [0.4, 0.5) is 0 Å². The molecule has 1 aliphatic rings. The Kier molecular flexibility index (Phi) is 7.46. The molecule has 0 N–H and O–H groups in total. The van der Waals surface area contributed by atoms with Crippen molar-refractivity contribution in [2.75, 3.05) is 0 Å². The van der Waals surface area contributed by atoms with E-state index in [1.54, 1.807) is 0 Å². The summed E-state index contributed by atoms with van der Waals surface area (Å²) in [7, 11) is 0. The van der Waals surface area contributed by atoms with Gasteiger partial charge >= 0.3 is 11.9 Å². The van der Waals surface area contributed by atoms with Crippen molar-refractivity contribution in [3.8, 4) is 0 Å². The number of rotatable bonds is 8. The summed E-state index contributed by atoms with van der Waals surface area (Å²) in [5.74, 6) is -0.461. The Morgan fingerprint density at radius 2 is 1.63 bits per heavy atom. The Hall–Kier alpha value is -1.84. The first kappa shape index (κ1) is 21.5. The summed E-state index contributed by atoms with van der Waals surface area (Å²) in [6.07, 6.45) is 6.45. The molecule has 0 amide bonds. The molecule has 1 aromatic carbocycles. The van der Waals surface area contributed by atoms with E-state index in [1.807, 2.05) is 58.0 Å². The summed E-state index contributed by atoms with van der Waals surface area (Å²) in [4.78, 5) is 25.5. The van der Waals surface area contributed by atoms with E-state index in [9.17, 15) is 9.59 Å². The molecule has 0 spiro atoms. The van der Waals surface area contributed by atoms with E-state index in [1.165, 1.54) is 6.42 Å². The second-order valence-electron chi connectivity index (χ2n) is 8.70. The molecule has 0 bridgehead atoms. The minimum atomic E-state index is -0.759. The summed E-state index contributed by atoms with van der Waals surface area (Å²) >= 11 is 0. The third-order valence-electron chi connectivity index (χ3n) is 5.70. The van der Waals surface area contributed by atoms with Crippen LogP contribution < -0.4 is 0 Å². The lowest BCUT2D eigenvalue weighted by Crippen LogP contribution is -2.40. The molecule has 1 aromatic rings. The lowest BCUT2D eigenvalue weighted by atomic mass is 9.72. The number of hydrogen-bond donors (Lipinski definition) is 0. The SMILES string of the molecule is CCC(C)(CC(C)(C)C(=O)OCc1ccccc1)C(=O)OC1CCCCC1. The first-order valence-corrected chi connectivity index (χ1v) is 10.2. The molecule has 0 aromatic heterocycles. The fourth-order valence-electron chi connectivity index (χ4n) is 3.78. The highest BCUT2D eigenvalue weighted by molar-refractivity contribution is 5.80. The Morgan fingerprint density at radius 1 is 1.00 bits per heavy atom. The van der Waals surface area contributed by atoms with Crippen LogP contribution in [0.2, 0.25) is 0 Å². The number of carbonyl (C=O) groups excluding carboxylic acids is 2. The van der Waals surface area contributed by atoms with E-state index >= 15 is 0 Å². The van der Waals surface area contributed by atoms with Gasteiger partial charge < -0.3 is 9.47 Å². The van der Waals surface area contributed by atoms with Gasteiger partial charge in [-0.3, -0.25) is 9.59 Å². The molecule has 1 atom stereocenters. The maximum absolute atomic E-state index is 12.9. The topological polar surface area (TPSA) is 52.6 Å². The molecule has 2 rings (SSSR count). The first-order valence-electron chi connectivity index (χ1n) is 10.2. The van der Waals surface area contributed by atoms with E-state index < -0.39 is 10.8 Å². The van der Waals surface area contributed by atoms with Gasteiger partial charge in [0.15, 0.2) is 0 Å². The lowest BCUT2D eigenvalue weighted by molar-refractivity contribution is -0.168.